The van der Waals surface area contributed by atoms with Crippen molar-refractivity contribution in [2.24, 2.45) is 22.6 Å². The lowest BCUT2D eigenvalue weighted by atomic mass is 9.82. The molecule has 1 aromatic rings. The van der Waals surface area contributed by atoms with Gasteiger partial charge in [0, 0.05) is 24.9 Å². The summed E-state index contributed by atoms with van der Waals surface area (Å²) in [6, 6.07) is 8.46. The highest BCUT2D eigenvalue weighted by Crippen LogP contribution is 2.36. The van der Waals surface area contributed by atoms with Crippen LogP contribution < -0.4 is 11.1 Å². The van der Waals surface area contributed by atoms with Gasteiger partial charge in [0.15, 0.2) is 0 Å². The van der Waals surface area contributed by atoms with Gasteiger partial charge in [0.25, 0.3) is 0 Å². The van der Waals surface area contributed by atoms with Crippen LogP contribution in [0.2, 0.25) is 0 Å². The molecule has 25 heavy (non-hydrogen) atoms. The quantitative estimate of drug-likeness (QED) is 0.889. The van der Waals surface area contributed by atoms with Crippen LogP contribution in [0.1, 0.15) is 24.0 Å². The molecule has 0 bridgehead atoms. The predicted octanol–water partition coefficient (Wildman–Crippen LogP) is 3.03. The fraction of sp³-hybridized carbons (Fsp3) is 0.381. The zero-order chi connectivity index (χ0) is 17.1. The highest BCUT2D eigenvalue weighted by Gasteiger charge is 2.29. The number of ether oxygens (including phenoxy) is 1. The molecule has 3 N–H and O–H groups in total. The molecule has 4 heteroatoms. The van der Waals surface area contributed by atoms with Gasteiger partial charge in [0.05, 0.1) is 5.92 Å². The molecule has 1 aliphatic carbocycles. The number of nitrogens with two attached hydrogens (primary N) is 1. The molecule has 4 nitrogen and oxygen atoms in total. The van der Waals surface area contributed by atoms with Gasteiger partial charge in [0.2, 0.25) is 0 Å². The number of nitrogens with one attached hydrogen (secondary N) is 1. The maximum atomic E-state index is 6.44. The van der Waals surface area contributed by atoms with Gasteiger partial charge in [0.1, 0.15) is 11.9 Å². The van der Waals surface area contributed by atoms with E-state index in [-0.39, 0.29) is 5.92 Å². The van der Waals surface area contributed by atoms with E-state index in [9.17, 15) is 0 Å². The number of benzene rings is 1. The second-order valence-electron chi connectivity index (χ2n) is 6.88. The Bertz CT molecular complexity index is 741. The van der Waals surface area contributed by atoms with Gasteiger partial charge in [-0.05, 0) is 54.8 Å². The van der Waals surface area contributed by atoms with E-state index in [1.165, 1.54) is 11.1 Å². The molecule has 2 unspecified atom stereocenters. The van der Waals surface area contributed by atoms with E-state index in [1.54, 1.807) is 0 Å². The summed E-state index contributed by atoms with van der Waals surface area (Å²) in [7, 11) is 0. The second kappa shape index (κ2) is 7.38. The maximum Gasteiger partial charge on any atom is 0.106 e. The molecule has 4 rings (SSSR count). The van der Waals surface area contributed by atoms with Gasteiger partial charge < -0.3 is 15.8 Å². The normalized spacial score (nSPS) is 26.0. The van der Waals surface area contributed by atoms with Gasteiger partial charge in [-0.15, -0.1) is 0 Å². The fourth-order valence-corrected chi connectivity index (χ4v) is 3.71. The van der Waals surface area contributed by atoms with Crippen molar-refractivity contribution in [3.63, 3.8) is 0 Å². The number of fused-ring (bicyclic) bond motifs is 1. The molecule has 1 aromatic carbocycles. The van der Waals surface area contributed by atoms with Crippen LogP contribution >= 0.6 is 0 Å². The molecule has 0 saturated carbocycles. The molecule has 1 saturated heterocycles. The Morgan fingerprint density at radius 2 is 2.12 bits per heavy atom. The van der Waals surface area contributed by atoms with Crippen molar-refractivity contribution in [3.8, 4) is 0 Å². The summed E-state index contributed by atoms with van der Waals surface area (Å²) in [5, 5.41) is 3.40. The lowest BCUT2D eigenvalue weighted by molar-refractivity contribution is 0.0735. The molecule has 3 aliphatic rings. The molecule has 2 heterocycles. The van der Waals surface area contributed by atoms with E-state index in [4.69, 9.17) is 10.5 Å². The standard InChI is InChI=1S/C21H25N3O/c22-13-15-2-1-3-16(10-15)18-11-17-4-7-24-14-20(17)21(12-18)25-19-5-8-23-9-6-19/h1-4,7,10-12,14,17,19-20,23H,5-6,8-9,13,22H2. The summed E-state index contributed by atoms with van der Waals surface area (Å²) in [5.74, 6) is 1.55. The Balaban J connectivity index is 1.64. The molecule has 0 radical (unpaired) electrons. The number of hydrogen-bond donors (Lipinski definition) is 2. The van der Waals surface area contributed by atoms with Crippen molar-refractivity contribution in [3.05, 3.63) is 65.6 Å². The van der Waals surface area contributed by atoms with Gasteiger partial charge in [-0.3, -0.25) is 4.99 Å². The summed E-state index contributed by atoms with van der Waals surface area (Å²) in [6.45, 7) is 2.62. The SMILES string of the molecule is NCc1cccc(C2=CC3C=CN=CC3C(OC3CCNCC3)=C2)c1. The van der Waals surface area contributed by atoms with Gasteiger partial charge in [-0.1, -0.05) is 30.4 Å². The van der Waals surface area contributed by atoms with Crippen LogP contribution in [0, 0.1) is 11.8 Å². The smallest absolute Gasteiger partial charge is 0.106 e. The summed E-state index contributed by atoms with van der Waals surface area (Å²) >= 11 is 0. The van der Waals surface area contributed by atoms with E-state index in [0.29, 0.717) is 18.6 Å². The van der Waals surface area contributed by atoms with Crippen LogP contribution in [0.5, 0.6) is 0 Å². The number of piperidine rings is 1. The first-order valence-electron chi connectivity index (χ1n) is 9.13. The average molecular weight is 335 g/mol. The van der Waals surface area contributed by atoms with Crippen LogP contribution in [0.25, 0.3) is 5.57 Å². The zero-order valence-electron chi connectivity index (χ0n) is 14.4. The number of allylic oxidation sites excluding steroid dienone is 5. The average Bonchev–Trinajstić information content (AvgIpc) is 2.69. The van der Waals surface area contributed by atoms with E-state index < -0.39 is 0 Å². The molecule has 0 amide bonds. The highest BCUT2D eigenvalue weighted by atomic mass is 16.5. The minimum Gasteiger partial charge on any atom is -0.494 e. The second-order valence-corrected chi connectivity index (χ2v) is 6.88. The van der Waals surface area contributed by atoms with Crippen molar-refractivity contribution in [2.45, 2.75) is 25.5 Å². The van der Waals surface area contributed by atoms with E-state index in [2.05, 4.69) is 52.8 Å². The minimum atomic E-state index is 0.210. The van der Waals surface area contributed by atoms with Gasteiger partial charge in [-0.25, -0.2) is 0 Å². The number of rotatable bonds is 4. The molecular weight excluding hydrogens is 310 g/mol. The Kier molecular flexibility index (Phi) is 4.81. The van der Waals surface area contributed by atoms with Crippen LogP contribution in [-0.2, 0) is 11.3 Å². The van der Waals surface area contributed by atoms with Crippen molar-refractivity contribution >= 4 is 11.8 Å². The first-order valence-corrected chi connectivity index (χ1v) is 9.13. The highest BCUT2D eigenvalue weighted by molar-refractivity contribution is 5.80. The van der Waals surface area contributed by atoms with Gasteiger partial charge in [-0.2, -0.15) is 0 Å². The summed E-state index contributed by atoms with van der Waals surface area (Å²) in [6.07, 6.45) is 13.0. The molecule has 1 fully saturated rings. The molecule has 2 aliphatic heterocycles. The molecule has 130 valence electrons. The van der Waals surface area contributed by atoms with E-state index >= 15 is 0 Å². The number of nitrogens with zero attached hydrogens (tertiary/aromatic N) is 1. The van der Waals surface area contributed by atoms with Crippen molar-refractivity contribution in [1.29, 1.82) is 0 Å². The summed E-state index contributed by atoms with van der Waals surface area (Å²) in [5.41, 5.74) is 9.37. The van der Waals surface area contributed by atoms with Crippen molar-refractivity contribution in [1.82, 2.24) is 5.32 Å². The third-order valence-corrected chi connectivity index (χ3v) is 5.14. The Labute approximate surface area is 149 Å². The molecular formula is C21H25N3O. The topological polar surface area (TPSA) is 59.6 Å². The maximum absolute atomic E-state index is 6.44. The molecule has 0 spiro atoms. The third-order valence-electron chi connectivity index (χ3n) is 5.14. The summed E-state index contributed by atoms with van der Waals surface area (Å²) in [4.78, 5) is 4.35. The largest absolute Gasteiger partial charge is 0.494 e. The summed E-state index contributed by atoms with van der Waals surface area (Å²) < 4.78 is 6.44. The Hall–Kier alpha value is -2.17. The van der Waals surface area contributed by atoms with Crippen LogP contribution in [0.3, 0.4) is 0 Å². The first kappa shape index (κ1) is 16.3. The van der Waals surface area contributed by atoms with Crippen LogP contribution in [0.4, 0.5) is 0 Å². The lowest BCUT2D eigenvalue weighted by Gasteiger charge is -2.32. The Morgan fingerprint density at radius 3 is 2.96 bits per heavy atom. The minimum absolute atomic E-state index is 0.210. The monoisotopic (exact) mass is 335 g/mol. The molecule has 2 atom stereocenters. The van der Waals surface area contributed by atoms with Crippen LogP contribution in [-0.4, -0.2) is 25.4 Å². The number of aliphatic imine (C=N–C) groups is 1. The fourth-order valence-electron chi connectivity index (χ4n) is 3.71. The van der Waals surface area contributed by atoms with Crippen LogP contribution in [0.15, 0.2) is 59.4 Å². The van der Waals surface area contributed by atoms with Crippen molar-refractivity contribution < 1.29 is 4.74 Å². The zero-order valence-corrected chi connectivity index (χ0v) is 14.4. The lowest BCUT2D eigenvalue weighted by Crippen LogP contribution is -2.34. The number of hydrogen-bond acceptors (Lipinski definition) is 4. The van der Waals surface area contributed by atoms with Crippen molar-refractivity contribution in [2.75, 3.05) is 13.1 Å². The first-order chi connectivity index (χ1) is 12.3. The Morgan fingerprint density at radius 1 is 1.24 bits per heavy atom. The van der Waals surface area contributed by atoms with E-state index in [0.717, 1.165) is 37.3 Å². The third kappa shape index (κ3) is 3.60. The van der Waals surface area contributed by atoms with E-state index in [1.807, 2.05) is 12.4 Å². The predicted molar refractivity (Wildman–Crippen MR) is 102 cm³/mol. The van der Waals surface area contributed by atoms with Gasteiger partial charge >= 0.3 is 0 Å². The molecule has 0 aromatic heterocycles.